The summed E-state index contributed by atoms with van der Waals surface area (Å²) in [5.74, 6) is 0.465. The molecule has 0 heterocycles. The van der Waals surface area contributed by atoms with E-state index in [0.29, 0.717) is 5.84 Å². The van der Waals surface area contributed by atoms with Gasteiger partial charge in [0.05, 0.1) is 23.3 Å². The van der Waals surface area contributed by atoms with E-state index in [4.69, 9.17) is 0 Å². The molecule has 0 aromatic heterocycles. The van der Waals surface area contributed by atoms with Crippen molar-refractivity contribution >= 4 is 45.0 Å². The molecule has 0 amide bonds. The van der Waals surface area contributed by atoms with Crippen LogP contribution in [0.25, 0.3) is 0 Å². The molecule has 4 aromatic carbocycles. The van der Waals surface area contributed by atoms with Crippen LogP contribution in [0.5, 0.6) is 0 Å². The van der Waals surface area contributed by atoms with Crippen LogP contribution in [0.1, 0.15) is 11.1 Å². The number of amidine groups is 1. The highest BCUT2D eigenvalue weighted by atomic mass is 79.9. The number of nitrogens with one attached hydrogen (secondary N) is 2. The Hall–Kier alpha value is -4.10. The Kier molecular flexibility index (Phi) is 7.70. The topological polar surface area (TPSA) is 73.5 Å². The molecule has 0 atom stereocenters. The van der Waals surface area contributed by atoms with E-state index in [1.165, 1.54) is 0 Å². The highest BCUT2D eigenvalue weighted by Crippen LogP contribution is 2.18. The fraction of sp³-hybridized carbons (Fsp3) is 0. The normalized spacial score (nSPS) is 11.7. The van der Waals surface area contributed by atoms with Crippen molar-refractivity contribution in [1.29, 1.82) is 0 Å². The summed E-state index contributed by atoms with van der Waals surface area (Å²) in [5.41, 5.74) is 10.4. The molecule has 4 aromatic rings. The maximum absolute atomic E-state index is 4.48. The van der Waals surface area contributed by atoms with Crippen molar-refractivity contribution in [2.75, 3.05) is 10.9 Å². The number of benzene rings is 4. The number of anilines is 2. The third-order valence-corrected chi connectivity index (χ3v) is 5.03. The van der Waals surface area contributed by atoms with Gasteiger partial charge in [-0.15, -0.1) is 10.2 Å². The average molecular weight is 497 g/mol. The third kappa shape index (κ3) is 6.95. The van der Waals surface area contributed by atoms with Gasteiger partial charge < -0.3 is 0 Å². The minimum Gasteiger partial charge on any atom is -0.279 e. The molecule has 0 fully saturated rings. The molecular weight excluding hydrogens is 476 g/mol. The van der Waals surface area contributed by atoms with Crippen LogP contribution in [0.2, 0.25) is 0 Å². The molecule has 0 unspecified atom stereocenters. The number of rotatable bonds is 7. The first-order valence-corrected chi connectivity index (χ1v) is 11.1. The van der Waals surface area contributed by atoms with Crippen molar-refractivity contribution < 1.29 is 0 Å². The maximum atomic E-state index is 4.48. The van der Waals surface area contributed by atoms with Gasteiger partial charge in [-0.1, -0.05) is 76.6 Å². The van der Waals surface area contributed by atoms with Crippen LogP contribution >= 0.6 is 15.9 Å². The van der Waals surface area contributed by atoms with Crippen LogP contribution < -0.4 is 10.9 Å². The Labute approximate surface area is 200 Å². The number of hydrazone groups is 2. The van der Waals surface area contributed by atoms with Gasteiger partial charge in [-0.3, -0.25) is 10.9 Å². The summed E-state index contributed by atoms with van der Waals surface area (Å²) in [4.78, 5) is 0. The van der Waals surface area contributed by atoms with Crippen molar-refractivity contribution in [1.82, 2.24) is 0 Å². The molecule has 2 N–H and O–H groups in total. The van der Waals surface area contributed by atoms with E-state index < -0.39 is 0 Å². The second-order valence-electron chi connectivity index (χ2n) is 6.95. The lowest BCUT2D eigenvalue weighted by molar-refractivity contribution is 1.22. The van der Waals surface area contributed by atoms with Crippen LogP contribution in [-0.4, -0.2) is 12.1 Å². The third-order valence-electron chi connectivity index (χ3n) is 4.50. The Bertz CT molecular complexity index is 1240. The highest BCUT2D eigenvalue weighted by molar-refractivity contribution is 9.10. The molecular formula is C26H21BrN6. The molecule has 0 saturated heterocycles. The minimum absolute atomic E-state index is 0.465. The molecule has 6 nitrogen and oxygen atoms in total. The Morgan fingerprint density at radius 1 is 0.667 bits per heavy atom. The lowest BCUT2D eigenvalue weighted by atomic mass is 10.1. The molecule has 0 bridgehead atoms. The van der Waals surface area contributed by atoms with Gasteiger partial charge in [-0.2, -0.15) is 10.2 Å². The van der Waals surface area contributed by atoms with E-state index in [1.54, 1.807) is 6.21 Å². The van der Waals surface area contributed by atoms with Crippen LogP contribution in [-0.2, 0) is 0 Å². The Morgan fingerprint density at radius 2 is 1.27 bits per heavy atom. The second kappa shape index (κ2) is 11.5. The van der Waals surface area contributed by atoms with Crippen LogP contribution in [0.4, 0.5) is 17.1 Å². The monoisotopic (exact) mass is 496 g/mol. The lowest BCUT2D eigenvalue weighted by Gasteiger charge is -2.04. The molecule has 162 valence electrons. The van der Waals surface area contributed by atoms with Crippen LogP contribution in [0, 0.1) is 0 Å². The molecule has 0 saturated carbocycles. The fourth-order valence-corrected chi connectivity index (χ4v) is 3.06. The summed E-state index contributed by atoms with van der Waals surface area (Å²) in [6.45, 7) is 0. The smallest absolute Gasteiger partial charge is 0.201 e. The molecule has 7 heteroatoms. The number of halogens is 1. The van der Waals surface area contributed by atoms with Crippen molar-refractivity contribution in [3.63, 3.8) is 0 Å². The summed E-state index contributed by atoms with van der Waals surface area (Å²) in [6, 6.07) is 34.9. The van der Waals surface area contributed by atoms with Gasteiger partial charge in [-0.05, 0) is 54.1 Å². The van der Waals surface area contributed by atoms with Crippen molar-refractivity contribution in [3.05, 3.63) is 125 Å². The second-order valence-corrected chi connectivity index (χ2v) is 7.86. The molecule has 0 radical (unpaired) electrons. The largest absolute Gasteiger partial charge is 0.279 e. The molecule has 0 aliphatic rings. The fourth-order valence-electron chi connectivity index (χ4n) is 2.80. The van der Waals surface area contributed by atoms with Crippen molar-refractivity contribution in [2.45, 2.75) is 0 Å². The van der Waals surface area contributed by atoms with E-state index in [-0.39, 0.29) is 0 Å². The van der Waals surface area contributed by atoms with Gasteiger partial charge in [-0.25, -0.2) is 0 Å². The van der Waals surface area contributed by atoms with Crippen molar-refractivity contribution in [3.8, 4) is 0 Å². The Morgan fingerprint density at radius 3 is 1.91 bits per heavy atom. The first-order valence-electron chi connectivity index (χ1n) is 10.3. The summed E-state index contributed by atoms with van der Waals surface area (Å²) < 4.78 is 0.986. The van der Waals surface area contributed by atoms with Gasteiger partial charge in [0.1, 0.15) is 0 Å². The summed E-state index contributed by atoms with van der Waals surface area (Å²) in [7, 11) is 0. The van der Waals surface area contributed by atoms with Gasteiger partial charge in [0.15, 0.2) is 0 Å². The van der Waals surface area contributed by atoms with Gasteiger partial charge in [0, 0.05) is 10.0 Å². The minimum atomic E-state index is 0.465. The molecule has 4 rings (SSSR count). The van der Waals surface area contributed by atoms with Crippen LogP contribution in [0.3, 0.4) is 0 Å². The number of para-hydroxylation sites is 2. The quantitative estimate of drug-likeness (QED) is 0.120. The van der Waals surface area contributed by atoms with Crippen LogP contribution in [0.15, 0.2) is 134 Å². The predicted molar refractivity (Wildman–Crippen MR) is 139 cm³/mol. The molecule has 33 heavy (non-hydrogen) atoms. The summed E-state index contributed by atoms with van der Waals surface area (Å²) in [5, 5.41) is 17.5. The molecule has 0 aliphatic carbocycles. The van der Waals surface area contributed by atoms with Gasteiger partial charge in [0.25, 0.3) is 0 Å². The SMILES string of the molecule is Brc1ccc(N=NC(=NNc2ccccc2)c2ccc(C=NNc3ccccc3)cc2)cc1. The summed E-state index contributed by atoms with van der Waals surface area (Å²) in [6.07, 6.45) is 1.76. The number of azo groups is 1. The predicted octanol–water partition coefficient (Wildman–Crippen LogP) is 7.45. The van der Waals surface area contributed by atoms with E-state index in [2.05, 4.69) is 47.2 Å². The zero-order chi connectivity index (χ0) is 22.7. The van der Waals surface area contributed by atoms with Gasteiger partial charge in [0.2, 0.25) is 5.84 Å². The standard InChI is InChI=1S/C26H21BrN6/c27-22-15-17-25(18-16-22)31-33-26(32-30-24-9-5-2-6-10-24)21-13-11-20(12-14-21)19-28-29-23-7-3-1-4-8-23/h1-19,29-30H. The highest BCUT2D eigenvalue weighted by Gasteiger charge is 2.04. The van der Waals surface area contributed by atoms with Crippen molar-refractivity contribution in [2.24, 2.45) is 20.4 Å². The first-order chi connectivity index (χ1) is 16.3. The lowest BCUT2D eigenvalue weighted by Crippen LogP contribution is -2.01. The zero-order valence-corrected chi connectivity index (χ0v) is 19.2. The van der Waals surface area contributed by atoms with E-state index in [0.717, 1.165) is 32.7 Å². The maximum Gasteiger partial charge on any atom is 0.201 e. The molecule has 0 spiro atoms. The zero-order valence-electron chi connectivity index (χ0n) is 17.6. The number of hydrogen-bond donors (Lipinski definition) is 2. The Balaban J connectivity index is 1.52. The average Bonchev–Trinajstić information content (AvgIpc) is 2.87. The molecule has 0 aliphatic heterocycles. The summed E-state index contributed by atoms with van der Waals surface area (Å²) >= 11 is 3.43. The van der Waals surface area contributed by atoms with Gasteiger partial charge >= 0.3 is 0 Å². The number of hydrogen-bond acceptors (Lipinski definition) is 5. The number of nitrogens with zero attached hydrogens (tertiary/aromatic N) is 4. The van der Waals surface area contributed by atoms with E-state index in [1.807, 2.05) is 109 Å². The van der Waals surface area contributed by atoms with E-state index >= 15 is 0 Å². The van der Waals surface area contributed by atoms with E-state index in [9.17, 15) is 0 Å². The first kappa shape index (κ1) is 22.1.